The highest BCUT2D eigenvalue weighted by Crippen LogP contribution is 2.14. The van der Waals surface area contributed by atoms with E-state index >= 15 is 0 Å². The Morgan fingerprint density at radius 3 is 2.47 bits per heavy atom. The second-order valence-electron chi connectivity index (χ2n) is 4.69. The molecular formula is C14H23N3O2. The summed E-state index contributed by atoms with van der Waals surface area (Å²) in [6.45, 7) is 4.49. The summed E-state index contributed by atoms with van der Waals surface area (Å²) in [5.41, 5.74) is 7.56. The summed E-state index contributed by atoms with van der Waals surface area (Å²) in [4.78, 5) is 11.7. The lowest BCUT2D eigenvalue weighted by atomic mass is 10.1. The fraction of sp³-hybridized carbons (Fsp3) is 0.500. The van der Waals surface area contributed by atoms with Crippen LogP contribution in [0.2, 0.25) is 0 Å². The molecule has 4 N–H and O–H groups in total. The van der Waals surface area contributed by atoms with Gasteiger partial charge in [0.15, 0.2) is 0 Å². The number of rotatable bonds is 6. The molecule has 1 aromatic rings. The molecule has 2 atom stereocenters. The number of hydrogen-bond donors (Lipinski definition) is 3. The Hall–Kier alpha value is -1.59. The molecule has 19 heavy (non-hydrogen) atoms. The maximum absolute atomic E-state index is 11.7. The lowest BCUT2D eigenvalue weighted by Crippen LogP contribution is -2.36. The quantitative estimate of drug-likeness (QED) is 0.738. The Morgan fingerprint density at radius 2 is 1.95 bits per heavy atom. The fourth-order valence-corrected chi connectivity index (χ4v) is 1.63. The van der Waals surface area contributed by atoms with Gasteiger partial charge in [-0.1, -0.05) is 12.1 Å². The van der Waals surface area contributed by atoms with Crippen molar-refractivity contribution in [1.29, 1.82) is 0 Å². The number of carbonyl (C=O) groups excluding carboxylic acids is 1. The number of hydrogen-bond acceptors (Lipinski definition) is 3. The molecule has 0 aliphatic carbocycles. The molecule has 106 valence electrons. The van der Waals surface area contributed by atoms with Crippen LogP contribution in [0.15, 0.2) is 24.3 Å². The summed E-state index contributed by atoms with van der Waals surface area (Å²) >= 11 is 0. The first kappa shape index (κ1) is 15.5. The van der Waals surface area contributed by atoms with E-state index in [4.69, 9.17) is 10.5 Å². The van der Waals surface area contributed by atoms with E-state index in [0.717, 1.165) is 17.7 Å². The Balaban J connectivity index is 2.43. The monoisotopic (exact) mass is 265 g/mol. The van der Waals surface area contributed by atoms with Crippen molar-refractivity contribution in [2.24, 2.45) is 5.73 Å². The van der Waals surface area contributed by atoms with Crippen LogP contribution in [0.3, 0.4) is 0 Å². The number of urea groups is 1. The Morgan fingerprint density at radius 1 is 1.32 bits per heavy atom. The van der Waals surface area contributed by atoms with Gasteiger partial charge >= 0.3 is 6.03 Å². The molecule has 0 aliphatic heterocycles. The standard InChI is InChI=1S/C14H23N3O2/c1-10(8-9-19-3)16-14(18)17-13-6-4-12(5-7-13)11(2)15/h4-7,10-11H,8-9,15H2,1-3H3,(H2,16,17,18). The zero-order chi connectivity index (χ0) is 14.3. The minimum absolute atomic E-state index is 0.00283. The van der Waals surface area contributed by atoms with Gasteiger partial charge in [0.05, 0.1) is 0 Å². The van der Waals surface area contributed by atoms with Crippen LogP contribution in [-0.2, 0) is 4.74 Å². The third-order valence-electron chi connectivity index (χ3n) is 2.83. The molecule has 0 saturated carbocycles. The van der Waals surface area contributed by atoms with Crippen LogP contribution < -0.4 is 16.4 Å². The van der Waals surface area contributed by atoms with Gasteiger partial charge in [-0.2, -0.15) is 0 Å². The molecule has 0 aromatic heterocycles. The van der Waals surface area contributed by atoms with Gasteiger partial charge in [0.1, 0.15) is 0 Å². The Bertz CT molecular complexity index is 390. The van der Waals surface area contributed by atoms with Crippen molar-refractivity contribution in [3.63, 3.8) is 0 Å². The first-order valence-corrected chi connectivity index (χ1v) is 6.45. The second-order valence-corrected chi connectivity index (χ2v) is 4.69. The van der Waals surface area contributed by atoms with Crippen LogP contribution in [0.4, 0.5) is 10.5 Å². The normalized spacial score (nSPS) is 13.7. The van der Waals surface area contributed by atoms with E-state index in [-0.39, 0.29) is 18.1 Å². The topological polar surface area (TPSA) is 76.4 Å². The molecule has 0 bridgehead atoms. The Kier molecular flexibility index (Phi) is 6.32. The average molecular weight is 265 g/mol. The van der Waals surface area contributed by atoms with Crippen LogP contribution in [0.1, 0.15) is 31.9 Å². The van der Waals surface area contributed by atoms with Gasteiger partial charge in [0.2, 0.25) is 0 Å². The number of methoxy groups -OCH3 is 1. The van der Waals surface area contributed by atoms with Crippen molar-refractivity contribution < 1.29 is 9.53 Å². The molecule has 5 nitrogen and oxygen atoms in total. The molecule has 2 amide bonds. The van der Waals surface area contributed by atoms with Crippen molar-refractivity contribution >= 4 is 11.7 Å². The van der Waals surface area contributed by atoms with E-state index in [1.807, 2.05) is 38.1 Å². The smallest absolute Gasteiger partial charge is 0.319 e. The predicted octanol–water partition coefficient (Wildman–Crippen LogP) is 2.25. The van der Waals surface area contributed by atoms with E-state index in [9.17, 15) is 4.79 Å². The van der Waals surface area contributed by atoms with Crippen LogP contribution in [-0.4, -0.2) is 25.8 Å². The zero-order valence-electron chi connectivity index (χ0n) is 11.8. The summed E-state index contributed by atoms with van der Waals surface area (Å²) in [5, 5.41) is 5.63. The minimum atomic E-state index is -0.211. The van der Waals surface area contributed by atoms with Gasteiger partial charge in [-0.15, -0.1) is 0 Å². The van der Waals surface area contributed by atoms with Gasteiger partial charge in [0.25, 0.3) is 0 Å². The molecular weight excluding hydrogens is 242 g/mol. The summed E-state index contributed by atoms with van der Waals surface area (Å²) in [5.74, 6) is 0. The summed E-state index contributed by atoms with van der Waals surface area (Å²) in [6, 6.07) is 7.37. The third-order valence-corrected chi connectivity index (χ3v) is 2.83. The van der Waals surface area contributed by atoms with Crippen LogP contribution in [0.5, 0.6) is 0 Å². The third kappa shape index (κ3) is 5.72. The highest BCUT2D eigenvalue weighted by atomic mass is 16.5. The lowest BCUT2D eigenvalue weighted by molar-refractivity contribution is 0.185. The molecule has 2 unspecified atom stereocenters. The number of nitrogens with two attached hydrogens (primary N) is 1. The van der Waals surface area contributed by atoms with Crippen molar-refractivity contribution in [3.8, 4) is 0 Å². The second kappa shape index (κ2) is 7.76. The zero-order valence-corrected chi connectivity index (χ0v) is 11.8. The first-order valence-electron chi connectivity index (χ1n) is 6.45. The maximum Gasteiger partial charge on any atom is 0.319 e. The van der Waals surface area contributed by atoms with E-state index < -0.39 is 0 Å². The lowest BCUT2D eigenvalue weighted by Gasteiger charge is -2.14. The molecule has 1 rings (SSSR count). The van der Waals surface area contributed by atoms with E-state index in [1.165, 1.54) is 0 Å². The summed E-state index contributed by atoms with van der Waals surface area (Å²) in [6.07, 6.45) is 0.785. The molecule has 0 radical (unpaired) electrons. The van der Waals surface area contributed by atoms with Gasteiger partial charge in [-0.3, -0.25) is 0 Å². The molecule has 1 aromatic carbocycles. The SMILES string of the molecule is COCCC(C)NC(=O)Nc1ccc(C(C)N)cc1. The fourth-order valence-electron chi connectivity index (χ4n) is 1.63. The van der Waals surface area contributed by atoms with Gasteiger partial charge < -0.3 is 21.1 Å². The number of nitrogens with one attached hydrogen (secondary N) is 2. The van der Waals surface area contributed by atoms with Crippen molar-refractivity contribution in [3.05, 3.63) is 29.8 Å². The van der Waals surface area contributed by atoms with Crippen molar-refractivity contribution in [2.75, 3.05) is 19.0 Å². The predicted molar refractivity (Wildman–Crippen MR) is 77.2 cm³/mol. The molecule has 0 spiro atoms. The van der Waals surface area contributed by atoms with Crippen LogP contribution in [0, 0.1) is 0 Å². The van der Waals surface area contributed by atoms with Crippen LogP contribution in [0.25, 0.3) is 0 Å². The molecule has 0 fully saturated rings. The van der Waals surface area contributed by atoms with Crippen molar-refractivity contribution in [1.82, 2.24) is 5.32 Å². The Labute approximate surface area is 114 Å². The summed E-state index contributed by atoms with van der Waals surface area (Å²) in [7, 11) is 1.65. The number of benzene rings is 1. The largest absolute Gasteiger partial charge is 0.385 e. The first-order chi connectivity index (χ1) is 9.02. The molecule has 5 heteroatoms. The van der Waals surface area contributed by atoms with E-state index in [1.54, 1.807) is 7.11 Å². The number of carbonyl (C=O) groups is 1. The van der Waals surface area contributed by atoms with E-state index in [0.29, 0.717) is 6.61 Å². The van der Waals surface area contributed by atoms with Crippen LogP contribution >= 0.6 is 0 Å². The number of anilines is 1. The number of amides is 2. The molecule has 0 saturated heterocycles. The van der Waals surface area contributed by atoms with E-state index in [2.05, 4.69) is 10.6 Å². The van der Waals surface area contributed by atoms with Gasteiger partial charge in [0, 0.05) is 31.5 Å². The summed E-state index contributed by atoms with van der Waals surface area (Å²) < 4.78 is 4.96. The molecule has 0 aliphatic rings. The average Bonchev–Trinajstić information content (AvgIpc) is 2.36. The highest BCUT2D eigenvalue weighted by molar-refractivity contribution is 5.89. The van der Waals surface area contributed by atoms with Gasteiger partial charge in [-0.25, -0.2) is 4.79 Å². The number of ether oxygens (including phenoxy) is 1. The van der Waals surface area contributed by atoms with Crippen molar-refractivity contribution in [2.45, 2.75) is 32.4 Å². The molecule has 0 heterocycles. The minimum Gasteiger partial charge on any atom is -0.385 e. The highest BCUT2D eigenvalue weighted by Gasteiger charge is 2.07. The maximum atomic E-state index is 11.7. The van der Waals surface area contributed by atoms with Gasteiger partial charge in [-0.05, 0) is 38.0 Å².